The second-order valence-electron chi connectivity index (χ2n) is 5.33. The summed E-state index contributed by atoms with van der Waals surface area (Å²) in [6.07, 6.45) is 1.61. The molecule has 0 bridgehead atoms. The number of hydrogen-bond donors (Lipinski definition) is 2. The predicted molar refractivity (Wildman–Crippen MR) is 71.4 cm³/mol. The van der Waals surface area contributed by atoms with Gasteiger partial charge in [0, 0.05) is 25.4 Å². The minimum atomic E-state index is -0.580. The van der Waals surface area contributed by atoms with Crippen molar-refractivity contribution < 1.29 is 4.74 Å². The molecule has 5 nitrogen and oxygen atoms in total. The molecule has 1 rings (SSSR count). The van der Waals surface area contributed by atoms with E-state index in [4.69, 9.17) is 4.74 Å². The number of rotatable bonds is 6. The Morgan fingerprint density at radius 2 is 2.17 bits per heavy atom. The zero-order valence-corrected chi connectivity index (χ0v) is 11.8. The summed E-state index contributed by atoms with van der Waals surface area (Å²) < 4.78 is 5.28. The quantitative estimate of drug-likeness (QED) is 0.804. The summed E-state index contributed by atoms with van der Waals surface area (Å²) in [7, 11) is 1.60. The molecule has 0 unspecified atom stereocenters. The highest BCUT2D eigenvalue weighted by Gasteiger charge is 2.22. The minimum Gasteiger partial charge on any atom is -0.371 e. The number of aromatic nitrogens is 2. The van der Waals surface area contributed by atoms with Crippen LogP contribution in [0, 0.1) is 5.92 Å². The van der Waals surface area contributed by atoms with Gasteiger partial charge < -0.3 is 15.0 Å². The van der Waals surface area contributed by atoms with Crippen molar-refractivity contribution in [2.24, 2.45) is 5.92 Å². The molecule has 0 amide bonds. The summed E-state index contributed by atoms with van der Waals surface area (Å²) in [6, 6.07) is 0. The van der Waals surface area contributed by atoms with Crippen molar-refractivity contribution in [1.82, 2.24) is 15.3 Å². The van der Waals surface area contributed by atoms with E-state index in [0.29, 0.717) is 23.9 Å². The summed E-state index contributed by atoms with van der Waals surface area (Å²) in [6.45, 7) is 9.39. The van der Waals surface area contributed by atoms with Crippen molar-refractivity contribution in [3.63, 3.8) is 0 Å². The van der Waals surface area contributed by atoms with Crippen molar-refractivity contribution in [2.45, 2.75) is 39.8 Å². The molecule has 0 fully saturated rings. The number of H-pyrrole nitrogens is 1. The van der Waals surface area contributed by atoms with Gasteiger partial charge in [-0.1, -0.05) is 13.8 Å². The largest absolute Gasteiger partial charge is 0.371 e. The number of nitrogens with zero attached hydrogens (tertiary/aromatic N) is 1. The molecule has 0 aliphatic heterocycles. The van der Waals surface area contributed by atoms with Crippen LogP contribution in [0.25, 0.3) is 0 Å². The van der Waals surface area contributed by atoms with Crippen molar-refractivity contribution in [3.8, 4) is 0 Å². The average molecular weight is 253 g/mol. The van der Waals surface area contributed by atoms with Crippen molar-refractivity contribution >= 4 is 0 Å². The highest BCUT2D eigenvalue weighted by atomic mass is 16.5. The van der Waals surface area contributed by atoms with Gasteiger partial charge in [-0.25, -0.2) is 4.98 Å². The molecule has 1 heterocycles. The topological polar surface area (TPSA) is 67.0 Å². The Balaban J connectivity index is 2.78. The first-order valence-corrected chi connectivity index (χ1v) is 6.21. The summed E-state index contributed by atoms with van der Waals surface area (Å²) in [4.78, 5) is 18.9. The Kier molecular flexibility index (Phi) is 5.04. The van der Waals surface area contributed by atoms with Crippen LogP contribution >= 0.6 is 0 Å². The van der Waals surface area contributed by atoms with Crippen LogP contribution in [0.4, 0.5) is 0 Å². The second-order valence-corrected chi connectivity index (χ2v) is 5.33. The monoisotopic (exact) mass is 253 g/mol. The van der Waals surface area contributed by atoms with Crippen molar-refractivity contribution in [3.05, 3.63) is 27.9 Å². The Morgan fingerprint density at radius 1 is 1.50 bits per heavy atom. The van der Waals surface area contributed by atoms with Crippen molar-refractivity contribution in [1.29, 1.82) is 0 Å². The van der Waals surface area contributed by atoms with Crippen LogP contribution in [0.15, 0.2) is 11.0 Å². The van der Waals surface area contributed by atoms with Crippen LogP contribution in [0.1, 0.15) is 39.1 Å². The van der Waals surface area contributed by atoms with Gasteiger partial charge in [-0.15, -0.1) is 0 Å². The van der Waals surface area contributed by atoms with Gasteiger partial charge in [0.05, 0.1) is 0 Å². The van der Waals surface area contributed by atoms with Gasteiger partial charge in [0.15, 0.2) is 0 Å². The van der Waals surface area contributed by atoms with E-state index in [9.17, 15) is 4.79 Å². The summed E-state index contributed by atoms with van der Waals surface area (Å²) in [5, 5.41) is 3.22. The van der Waals surface area contributed by atoms with E-state index >= 15 is 0 Å². The molecular weight excluding hydrogens is 230 g/mol. The molecule has 0 saturated heterocycles. The van der Waals surface area contributed by atoms with Gasteiger partial charge in [-0.2, -0.15) is 0 Å². The summed E-state index contributed by atoms with van der Waals surface area (Å²) in [5.74, 6) is 1.10. The molecule has 1 aromatic heterocycles. The maximum atomic E-state index is 11.9. The Labute approximate surface area is 108 Å². The lowest BCUT2D eigenvalue weighted by atomic mass is 10.1. The van der Waals surface area contributed by atoms with Crippen LogP contribution in [-0.2, 0) is 16.9 Å². The van der Waals surface area contributed by atoms with E-state index in [0.717, 1.165) is 6.54 Å². The highest BCUT2D eigenvalue weighted by molar-refractivity contribution is 5.08. The van der Waals surface area contributed by atoms with Gasteiger partial charge in [-0.3, -0.25) is 4.79 Å². The molecule has 102 valence electrons. The smallest absolute Gasteiger partial charge is 0.255 e. The lowest BCUT2D eigenvalue weighted by Gasteiger charge is -2.21. The van der Waals surface area contributed by atoms with E-state index in [1.54, 1.807) is 13.3 Å². The number of nitrogens with one attached hydrogen (secondary N) is 2. The Hall–Kier alpha value is -1.20. The fourth-order valence-corrected chi connectivity index (χ4v) is 1.45. The first-order chi connectivity index (χ1) is 8.36. The molecule has 0 aliphatic carbocycles. The molecule has 2 N–H and O–H groups in total. The van der Waals surface area contributed by atoms with Gasteiger partial charge >= 0.3 is 0 Å². The number of hydrogen-bond acceptors (Lipinski definition) is 4. The van der Waals surface area contributed by atoms with Gasteiger partial charge in [0.2, 0.25) is 0 Å². The fourth-order valence-electron chi connectivity index (χ4n) is 1.45. The highest BCUT2D eigenvalue weighted by Crippen LogP contribution is 2.18. The molecule has 0 aromatic carbocycles. The minimum absolute atomic E-state index is 0.110. The van der Waals surface area contributed by atoms with Crippen LogP contribution in [0.5, 0.6) is 0 Å². The summed E-state index contributed by atoms with van der Waals surface area (Å²) in [5.41, 5.74) is -0.0454. The van der Waals surface area contributed by atoms with Crippen LogP contribution < -0.4 is 10.9 Å². The Bertz CT molecular complexity index is 438. The van der Waals surface area contributed by atoms with Crippen molar-refractivity contribution in [2.75, 3.05) is 13.7 Å². The maximum Gasteiger partial charge on any atom is 0.255 e. The number of methoxy groups -OCH3 is 1. The molecular formula is C13H23N3O2. The van der Waals surface area contributed by atoms with E-state index in [1.165, 1.54) is 0 Å². The molecule has 0 saturated carbocycles. The zero-order chi connectivity index (χ0) is 13.8. The molecule has 18 heavy (non-hydrogen) atoms. The zero-order valence-electron chi connectivity index (χ0n) is 11.8. The normalized spacial score (nSPS) is 12.1. The molecule has 0 atom stereocenters. The van der Waals surface area contributed by atoms with Gasteiger partial charge in [-0.05, 0) is 26.3 Å². The maximum absolute atomic E-state index is 11.9. The third kappa shape index (κ3) is 3.92. The molecule has 0 spiro atoms. The first-order valence-electron chi connectivity index (χ1n) is 6.21. The standard InChI is InChI=1S/C13H23N3O2/c1-9(2)6-14-7-10-8-15-12(16-11(10)17)13(3,4)18-5/h8-9,14H,6-7H2,1-5H3,(H,15,16,17). The van der Waals surface area contributed by atoms with E-state index in [2.05, 4.69) is 29.1 Å². The summed E-state index contributed by atoms with van der Waals surface area (Å²) >= 11 is 0. The van der Waals surface area contributed by atoms with Crippen LogP contribution in [0.2, 0.25) is 0 Å². The lowest BCUT2D eigenvalue weighted by Crippen LogP contribution is -2.30. The van der Waals surface area contributed by atoms with E-state index in [-0.39, 0.29) is 5.56 Å². The average Bonchev–Trinajstić information content (AvgIpc) is 2.30. The van der Waals surface area contributed by atoms with E-state index in [1.807, 2.05) is 13.8 Å². The molecule has 0 aliphatic rings. The van der Waals surface area contributed by atoms with Crippen LogP contribution in [-0.4, -0.2) is 23.6 Å². The molecule has 0 radical (unpaired) electrons. The first kappa shape index (κ1) is 14.9. The number of ether oxygens (including phenoxy) is 1. The SMILES string of the molecule is COC(C)(C)c1ncc(CNCC(C)C)c(=O)[nH]1. The third-order valence-corrected chi connectivity index (χ3v) is 2.82. The number of aromatic amines is 1. The van der Waals surface area contributed by atoms with Crippen LogP contribution in [0.3, 0.4) is 0 Å². The molecule has 1 aromatic rings. The Morgan fingerprint density at radius 3 is 2.67 bits per heavy atom. The molecule has 5 heteroatoms. The van der Waals surface area contributed by atoms with E-state index < -0.39 is 5.60 Å². The lowest BCUT2D eigenvalue weighted by molar-refractivity contribution is 0.0112. The predicted octanol–water partition coefficient (Wildman–Crippen LogP) is 1.40. The fraction of sp³-hybridized carbons (Fsp3) is 0.692. The van der Waals surface area contributed by atoms with Gasteiger partial charge in [0.1, 0.15) is 11.4 Å². The van der Waals surface area contributed by atoms with Gasteiger partial charge in [0.25, 0.3) is 5.56 Å². The third-order valence-electron chi connectivity index (χ3n) is 2.82. The second kappa shape index (κ2) is 6.11.